The number of methoxy groups -OCH3 is 1. The van der Waals surface area contributed by atoms with Crippen LogP contribution in [0.15, 0.2) is 12.4 Å². The fourth-order valence-corrected chi connectivity index (χ4v) is 1.46. The first-order valence-corrected chi connectivity index (χ1v) is 5.82. The van der Waals surface area contributed by atoms with Gasteiger partial charge < -0.3 is 10.1 Å². The van der Waals surface area contributed by atoms with E-state index in [2.05, 4.69) is 20.0 Å². The smallest absolute Gasteiger partial charge is 0.305 e. The third-order valence-electron chi connectivity index (χ3n) is 2.46. The molecule has 0 aliphatic carbocycles. The minimum atomic E-state index is -0.136. The van der Waals surface area contributed by atoms with Crippen molar-refractivity contribution < 1.29 is 9.53 Å². The molecule has 1 N–H and O–H groups in total. The number of hydrogen-bond acceptors (Lipinski definition) is 5. The SMILES string of the molecule is COC(=O)CCCCCNc1nccnc1C. The predicted molar refractivity (Wildman–Crippen MR) is 65.7 cm³/mol. The van der Waals surface area contributed by atoms with E-state index < -0.39 is 0 Å². The van der Waals surface area contributed by atoms with Crippen LogP contribution in [0.25, 0.3) is 0 Å². The van der Waals surface area contributed by atoms with Crippen molar-refractivity contribution in [3.63, 3.8) is 0 Å². The molecule has 0 aliphatic heterocycles. The standard InChI is InChI=1S/C12H19N3O2/c1-10-12(15-9-8-13-10)14-7-5-3-4-6-11(16)17-2/h8-9H,3-7H2,1-2H3,(H,14,15). The number of nitrogens with zero attached hydrogens (tertiary/aromatic N) is 2. The Bertz CT molecular complexity index is 355. The summed E-state index contributed by atoms with van der Waals surface area (Å²) in [7, 11) is 1.42. The Morgan fingerprint density at radius 3 is 2.76 bits per heavy atom. The Labute approximate surface area is 102 Å². The number of nitrogens with one attached hydrogen (secondary N) is 1. The van der Waals surface area contributed by atoms with Gasteiger partial charge in [-0.2, -0.15) is 0 Å². The van der Waals surface area contributed by atoms with E-state index in [0.717, 1.165) is 37.3 Å². The topological polar surface area (TPSA) is 64.1 Å². The summed E-state index contributed by atoms with van der Waals surface area (Å²) in [5.41, 5.74) is 0.905. The fraction of sp³-hybridized carbons (Fsp3) is 0.583. The van der Waals surface area contributed by atoms with E-state index in [-0.39, 0.29) is 5.97 Å². The predicted octanol–water partition coefficient (Wildman–Crippen LogP) is 1.93. The van der Waals surface area contributed by atoms with Crippen LogP contribution in [-0.4, -0.2) is 29.6 Å². The summed E-state index contributed by atoms with van der Waals surface area (Å²) in [4.78, 5) is 19.2. The minimum Gasteiger partial charge on any atom is -0.469 e. The number of ether oxygens (including phenoxy) is 1. The number of carbonyl (C=O) groups excluding carboxylic acids is 1. The molecule has 0 saturated heterocycles. The summed E-state index contributed by atoms with van der Waals surface area (Å²) in [5.74, 6) is 0.697. The van der Waals surface area contributed by atoms with Crippen LogP contribution in [0.2, 0.25) is 0 Å². The van der Waals surface area contributed by atoms with Crippen LogP contribution >= 0.6 is 0 Å². The molecule has 1 aromatic rings. The van der Waals surface area contributed by atoms with Gasteiger partial charge in [-0.3, -0.25) is 9.78 Å². The van der Waals surface area contributed by atoms with E-state index in [1.807, 2.05) is 6.92 Å². The maximum atomic E-state index is 10.9. The molecule has 0 atom stereocenters. The van der Waals surface area contributed by atoms with Gasteiger partial charge in [0.15, 0.2) is 0 Å². The fourth-order valence-electron chi connectivity index (χ4n) is 1.46. The second kappa shape index (κ2) is 7.60. The van der Waals surface area contributed by atoms with Crippen molar-refractivity contribution >= 4 is 11.8 Å². The van der Waals surface area contributed by atoms with Crippen molar-refractivity contribution in [1.82, 2.24) is 9.97 Å². The maximum Gasteiger partial charge on any atom is 0.305 e. The molecule has 0 aromatic carbocycles. The largest absolute Gasteiger partial charge is 0.469 e. The highest BCUT2D eigenvalue weighted by molar-refractivity contribution is 5.68. The third-order valence-corrected chi connectivity index (χ3v) is 2.46. The molecule has 17 heavy (non-hydrogen) atoms. The zero-order valence-electron chi connectivity index (χ0n) is 10.4. The third kappa shape index (κ3) is 5.29. The van der Waals surface area contributed by atoms with Gasteiger partial charge in [0.25, 0.3) is 0 Å². The monoisotopic (exact) mass is 237 g/mol. The van der Waals surface area contributed by atoms with Crippen molar-refractivity contribution in [3.8, 4) is 0 Å². The van der Waals surface area contributed by atoms with Gasteiger partial charge in [0.05, 0.1) is 12.8 Å². The molecule has 0 spiro atoms. The first-order valence-electron chi connectivity index (χ1n) is 5.82. The lowest BCUT2D eigenvalue weighted by molar-refractivity contribution is -0.140. The molecule has 5 nitrogen and oxygen atoms in total. The number of aryl methyl sites for hydroxylation is 1. The highest BCUT2D eigenvalue weighted by Crippen LogP contribution is 2.07. The molecular weight excluding hydrogens is 218 g/mol. The Balaban J connectivity index is 2.09. The van der Waals surface area contributed by atoms with Crippen LogP contribution in [0.5, 0.6) is 0 Å². The van der Waals surface area contributed by atoms with Crippen LogP contribution in [-0.2, 0) is 9.53 Å². The van der Waals surface area contributed by atoms with Gasteiger partial charge in [-0.25, -0.2) is 4.98 Å². The van der Waals surface area contributed by atoms with E-state index in [4.69, 9.17) is 0 Å². The van der Waals surface area contributed by atoms with Crippen molar-refractivity contribution in [1.29, 1.82) is 0 Å². The summed E-state index contributed by atoms with van der Waals surface area (Å²) >= 11 is 0. The van der Waals surface area contributed by atoms with Crippen molar-refractivity contribution in [2.75, 3.05) is 19.0 Å². The van der Waals surface area contributed by atoms with Gasteiger partial charge in [0.2, 0.25) is 0 Å². The Hall–Kier alpha value is -1.65. The summed E-state index contributed by atoms with van der Waals surface area (Å²) < 4.78 is 4.57. The molecule has 1 aromatic heterocycles. The highest BCUT2D eigenvalue weighted by Gasteiger charge is 2.00. The Morgan fingerprint density at radius 1 is 1.29 bits per heavy atom. The van der Waals surface area contributed by atoms with Gasteiger partial charge in [-0.15, -0.1) is 0 Å². The number of anilines is 1. The normalized spacial score (nSPS) is 10.0. The molecule has 0 unspecified atom stereocenters. The Kier molecular flexibility index (Phi) is 5.99. The first-order chi connectivity index (χ1) is 8.24. The van der Waals surface area contributed by atoms with Gasteiger partial charge in [-0.05, 0) is 19.8 Å². The van der Waals surface area contributed by atoms with E-state index in [9.17, 15) is 4.79 Å². The van der Waals surface area contributed by atoms with E-state index in [1.54, 1.807) is 12.4 Å². The molecular formula is C12H19N3O2. The molecule has 0 amide bonds. The molecule has 1 heterocycles. The molecule has 0 radical (unpaired) electrons. The summed E-state index contributed by atoms with van der Waals surface area (Å²) in [6.07, 6.45) is 6.73. The summed E-state index contributed by atoms with van der Waals surface area (Å²) in [6.45, 7) is 2.77. The van der Waals surface area contributed by atoms with Crippen LogP contribution in [0.4, 0.5) is 5.82 Å². The van der Waals surface area contributed by atoms with Crippen LogP contribution in [0.3, 0.4) is 0 Å². The van der Waals surface area contributed by atoms with Crippen LogP contribution in [0.1, 0.15) is 31.4 Å². The number of hydrogen-bond donors (Lipinski definition) is 1. The van der Waals surface area contributed by atoms with E-state index >= 15 is 0 Å². The van der Waals surface area contributed by atoms with Gasteiger partial charge in [-0.1, -0.05) is 6.42 Å². The first kappa shape index (κ1) is 13.4. The molecule has 0 fully saturated rings. The lowest BCUT2D eigenvalue weighted by atomic mass is 10.2. The highest BCUT2D eigenvalue weighted by atomic mass is 16.5. The average Bonchev–Trinajstić information content (AvgIpc) is 2.35. The van der Waals surface area contributed by atoms with E-state index in [1.165, 1.54) is 7.11 Å². The quantitative estimate of drug-likeness (QED) is 0.580. The average molecular weight is 237 g/mol. The second-order valence-corrected chi connectivity index (χ2v) is 3.80. The summed E-state index contributed by atoms with van der Waals surface area (Å²) in [6, 6.07) is 0. The molecule has 0 aliphatic rings. The zero-order chi connectivity index (χ0) is 12.5. The number of unbranched alkanes of at least 4 members (excludes halogenated alkanes) is 2. The number of esters is 1. The maximum absolute atomic E-state index is 10.9. The molecule has 0 bridgehead atoms. The van der Waals surface area contributed by atoms with Gasteiger partial charge in [0, 0.05) is 25.4 Å². The number of aromatic nitrogens is 2. The van der Waals surface area contributed by atoms with Crippen LogP contribution in [0, 0.1) is 6.92 Å². The number of carbonyl (C=O) groups is 1. The van der Waals surface area contributed by atoms with Crippen LogP contribution < -0.4 is 5.32 Å². The van der Waals surface area contributed by atoms with Gasteiger partial charge >= 0.3 is 5.97 Å². The molecule has 0 saturated carbocycles. The lowest BCUT2D eigenvalue weighted by Crippen LogP contribution is -2.06. The van der Waals surface area contributed by atoms with Crippen molar-refractivity contribution in [2.45, 2.75) is 32.6 Å². The molecule has 94 valence electrons. The Morgan fingerprint density at radius 2 is 2.06 bits per heavy atom. The van der Waals surface area contributed by atoms with E-state index in [0.29, 0.717) is 6.42 Å². The van der Waals surface area contributed by atoms with Crippen molar-refractivity contribution in [3.05, 3.63) is 18.1 Å². The van der Waals surface area contributed by atoms with Crippen molar-refractivity contribution in [2.24, 2.45) is 0 Å². The second-order valence-electron chi connectivity index (χ2n) is 3.80. The molecule has 5 heteroatoms. The minimum absolute atomic E-state index is 0.136. The molecule has 1 rings (SSSR count). The number of rotatable bonds is 7. The lowest BCUT2D eigenvalue weighted by Gasteiger charge is -2.06. The zero-order valence-corrected chi connectivity index (χ0v) is 10.4. The van der Waals surface area contributed by atoms with Gasteiger partial charge in [0.1, 0.15) is 5.82 Å². The summed E-state index contributed by atoms with van der Waals surface area (Å²) in [5, 5.41) is 3.23.